The highest BCUT2D eigenvalue weighted by Crippen LogP contribution is 2.19. The number of likely N-dealkylation sites (tertiary alicyclic amines) is 1. The minimum atomic E-state index is 0.0156. The summed E-state index contributed by atoms with van der Waals surface area (Å²) in [5, 5.41) is 11.7. The molecule has 1 aromatic rings. The fraction of sp³-hybridized carbons (Fsp3) is 0.500. The van der Waals surface area contributed by atoms with Crippen LogP contribution in [0.25, 0.3) is 0 Å². The van der Waals surface area contributed by atoms with Gasteiger partial charge >= 0.3 is 0 Å². The van der Waals surface area contributed by atoms with Crippen LogP contribution in [0.4, 0.5) is 5.69 Å². The van der Waals surface area contributed by atoms with E-state index in [1.807, 2.05) is 6.07 Å². The maximum absolute atomic E-state index is 11.9. The number of hydrogen-bond acceptors (Lipinski definition) is 3. The quantitative estimate of drug-likeness (QED) is 0.896. The highest BCUT2D eigenvalue weighted by atomic mass is 16.1. The van der Waals surface area contributed by atoms with Crippen LogP contribution in [0.15, 0.2) is 24.3 Å². The van der Waals surface area contributed by atoms with E-state index in [1.165, 1.54) is 12.8 Å². The highest BCUT2D eigenvalue weighted by molar-refractivity contribution is 5.90. The number of carbonyl (C=O) groups excluding carboxylic acids is 1. The van der Waals surface area contributed by atoms with Gasteiger partial charge in [-0.1, -0.05) is 13.0 Å². The molecule has 1 fully saturated rings. The van der Waals surface area contributed by atoms with Crippen molar-refractivity contribution in [1.29, 1.82) is 5.26 Å². The van der Waals surface area contributed by atoms with Gasteiger partial charge in [0.05, 0.1) is 11.6 Å². The minimum Gasteiger partial charge on any atom is -0.326 e. The van der Waals surface area contributed by atoms with Gasteiger partial charge in [-0.15, -0.1) is 0 Å². The molecule has 0 bridgehead atoms. The number of amides is 1. The van der Waals surface area contributed by atoms with E-state index in [1.54, 1.807) is 18.2 Å². The van der Waals surface area contributed by atoms with Gasteiger partial charge < -0.3 is 5.32 Å². The SMILES string of the molecule is CCC1CCCN1CCC(=O)Nc1cccc(C#N)c1. The first-order valence-corrected chi connectivity index (χ1v) is 7.27. The van der Waals surface area contributed by atoms with Crippen LogP contribution >= 0.6 is 0 Å². The molecule has 20 heavy (non-hydrogen) atoms. The number of nitriles is 1. The number of rotatable bonds is 5. The largest absolute Gasteiger partial charge is 0.326 e. The molecule has 4 nitrogen and oxygen atoms in total. The first-order chi connectivity index (χ1) is 9.72. The molecule has 1 amide bonds. The average molecular weight is 271 g/mol. The van der Waals surface area contributed by atoms with Crippen LogP contribution in [-0.4, -0.2) is 29.9 Å². The van der Waals surface area contributed by atoms with Gasteiger partial charge in [0.15, 0.2) is 0 Å². The molecule has 2 rings (SSSR count). The van der Waals surface area contributed by atoms with E-state index < -0.39 is 0 Å². The number of nitrogens with zero attached hydrogens (tertiary/aromatic N) is 2. The van der Waals surface area contributed by atoms with Gasteiger partial charge in [0, 0.05) is 24.7 Å². The maximum Gasteiger partial charge on any atom is 0.225 e. The summed E-state index contributed by atoms with van der Waals surface area (Å²) in [6.07, 6.45) is 4.16. The molecule has 1 aliphatic heterocycles. The lowest BCUT2D eigenvalue weighted by atomic mass is 10.1. The van der Waals surface area contributed by atoms with Crippen molar-refractivity contribution in [3.05, 3.63) is 29.8 Å². The molecule has 0 aromatic heterocycles. The van der Waals surface area contributed by atoms with E-state index in [4.69, 9.17) is 5.26 Å². The zero-order valence-corrected chi connectivity index (χ0v) is 11.9. The van der Waals surface area contributed by atoms with Gasteiger partial charge in [0.25, 0.3) is 0 Å². The summed E-state index contributed by atoms with van der Waals surface area (Å²) in [5.74, 6) is 0.0156. The third-order valence-corrected chi connectivity index (χ3v) is 3.87. The van der Waals surface area contributed by atoms with Crippen LogP contribution in [-0.2, 0) is 4.79 Å². The molecule has 1 unspecified atom stereocenters. The summed E-state index contributed by atoms with van der Waals surface area (Å²) in [6.45, 7) is 4.13. The Hall–Kier alpha value is -1.86. The van der Waals surface area contributed by atoms with Crippen molar-refractivity contribution in [3.8, 4) is 6.07 Å². The average Bonchev–Trinajstić information content (AvgIpc) is 2.93. The molecule has 0 radical (unpaired) electrons. The fourth-order valence-corrected chi connectivity index (χ4v) is 2.79. The molecule has 1 N–H and O–H groups in total. The Morgan fingerprint density at radius 2 is 2.40 bits per heavy atom. The lowest BCUT2D eigenvalue weighted by Crippen LogP contribution is -2.31. The summed E-state index contributed by atoms with van der Waals surface area (Å²) >= 11 is 0. The van der Waals surface area contributed by atoms with E-state index in [-0.39, 0.29) is 5.91 Å². The summed E-state index contributed by atoms with van der Waals surface area (Å²) in [6, 6.07) is 9.73. The second kappa shape index (κ2) is 7.06. The van der Waals surface area contributed by atoms with Crippen molar-refractivity contribution in [3.63, 3.8) is 0 Å². The monoisotopic (exact) mass is 271 g/mol. The Kier molecular flexibility index (Phi) is 5.14. The predicted molar refractivity (Wildman–Crippen MR) is 79.3 cm³/mol. The van der Waals surface area contributed by atoms with Crippen LogP contribution in [0.3, 0.4) is 0 Å². The fourth-order valence-electron chi connectivity index (χ4n) is 2.79. The molecular formula is C16H21N3O. The van der Waals surface area contributed by atoms with E-state index in [2.05, 4.69) is 23.2 Å². The van der Waals surface area contributed by atoms with Crippen LogP contribution in [0.5, 0.6) is 0 Å². The molecule has 0 saturated carbocycles. The number of anilines is 1. The van der Waals surface area contributed by atoms with Gasteiger partial charge in [-0.3, -0.25) is 9.69 Å². The first-order valence-electron chi connectivity index (χ1n) is 7.27. The lowest BCUT2D eigenvalue weighted by molar-refractivity contribution is -0.116. The van der Waals surface area contributed by atoms with Gasteiger partial charge in [-0.2, -0.15) is 5.26 Å². The Bertz CT molecular complexity index is 507. The van der Waals surface area contributed by atoms with Crippen LogP contribution in [0, 0.1) is 11.3 Å². The zero-order chi connectivity index (χ0) is 14.4. The summed E-state index contributed by atoms with van der Waals surface area (Å²) in [7, 11) is 0. The number of hydrogen-bond donors (Lipinski definition) is 1. The summed E-state index contributed by atoms with van der Waals surface area (Å²) in [5.41, 5.74) is 1.26. The van der Waals surface area contributed by atoms with Gasteiger partial charge in [-0.05, 0) is 44.0 Å². The topological polar surface area (TPSA) is 56.1 Å². The van der Waals surface area contributed by atoms with Gasteiger partial charge in [0.2, 0.25) is 5.91 Å². The number of nitrogens with one attached hydrogen (secondary N) is 1. The third-order valence-electron chi connectivity index (χ3n) is 3.87. The number of carbonyl (C=O) groups is 1. The molecule has 0 spiro atoms. The van der Waals surface area contributed by atoms with E-state index >= 15 is 0 Å². The lowest BCUT2D eigenvalue weighted by Gasteiger charge is -2.22. The van der Waals surface area contributed by atoms with E-state index in [9.17, 15) is 4.79 Å². The van der Waals surface area contributed by atoms with Crippen molar-refractivity contribution in [2.75, 3.05) is 18.4 Å². The maximum atomic E-state index is 11.9. The van der Waals surface area contributed by atoms with Crippen LogP contribution in [0.2, 0.25) is 0 Å². The third kappa shape index (κ3) is 3.82. The standard InChI is InChI=1S/C16H21N3O/c1-2-15-7-4-9-19(15)10-8-16(20)18-14-6-3-5-13(11-14)12-17/h3,5-6,11,15H,2,4,7-10H2,1H3,(H,18,20). The second-order valence-corrected chi connectivity index (χ2v) is 5.23. The normalized spacial score (nSPS) is 18.7. The van der Waals surface area contributed by atoms with Crippen molar-refractivity contribution < 1.29 is 4.79 Å². The summed E-state index contributed by atoms with van der Waals surface area (Å²) < 4.78 is 0. The van der Waals surface area contributed by atoms with Crippen LogP contribution in [0.1, 0.15) is 38.2 Å². The molecule has 0 aliphatic carbocycles. The van der Waals surface area contributed by atoms with E-state index in [0.717, 1.165) is 19.5 Å². The molecule has 1 atom stereocenters. The van der Waals surface area contributed by atoms with Crippen molar-refractivity contribution in [2.45, 2.75) is 38.6 Å². The van der Waals surface area contributed by atoms with Crippen LogP contribution < -0.4 is 5.32 Å². The van der Waals surface area contributed by atoms with Crippen molar-refractivity contribution in [1.82, 2.24) is 4.90 Å². The highest BCUT2D eigenvalue weighted by Gasteiger charge is 2.22. The molecule has 1 heterocycles. The number of benzene rings is 1. The molecule has 106 valence electrons. The van der Waals surface area contributed by atoms with Gasteiger partial charge in [-0.25, -0.2) is 0 Å². The van der Waals surface area contributed by atoms with Crippen molar-refractivity contribution in [2.24, 2.45) is 0 Å². The Morgan fingerprint density at radius 1 is 1.55 bits per heavy atom. The zero-order valence-electron chi connectivity index (χ0n) is 11.9. The predicted octanol–water partition coefficient (Wildman–Crippen LogP) is 2.76. The minimum absolute atomic E-state index is 0.0156. The Morgan fingerprint density at radius 3 is 3.15 bits per heavy atom. The van der Waals surface area contributed by atoms with Crippen molar-refractivity contribution >= 4 is 11.6 Å². The molecular weight excluding hydrogens is 250 g/mol. The summed E-state index contributed by atoms with van der Waals surface area (Å²) in [4.78, 5) is 14.4. The first kappa shape index (κ1) is 14.5. The Labute approximate surface area is 120 Å². The molecule has 1 saturated heterocycles. The molecule has 1 aliphatic rings. The van der Waals surface area contributed by atoms with Gasteiger partial charge in [0.1, 0.15) is 0 Å². The second-order valence-electron chi connectivity index (χ2n) is 5.23. The Balaban J connectivity index is 1.82. The van der Waals surface area contributed by atoms with E-state index in [0.29, 0.717) is 23.7 Å². The smallest absolute Gasteiger partial charge is 0.225 e. The molecule has 1 aromatic carbocycles. The molecule has 4 heteroatoms.